The van der Waals surface area contributed by atoms with Crippen molar-refractivity contribution >= 4 is 5.91 Å². The molecule has 0 spiro atoms. The van der Waals surface area contributed by atoms with E-state index in [0.717, 1.165) is 0 Å². The first-order valence-electron chi connectivity index (χ1n) is 5.61. The van der Waals surface area contributed by atoms with Gasteiger partial charge >= 0.3 is 0 Å². The summed E-state index contributed by atoms with van der Waals surface area (Å²) in [4.78, 5) is 11.7. The van der Waals surface area contributed by atoms with Crippen molar-refractivity contribution in [1.29, 1.82) is 0 Å². The van der Waals surface area contributed by atoms with Crippen molar-refractivity contribution in [1.82, 2.24) is 20.3 Å². The predicted octanol–water partition coefficient (Wildman–Crippen LogP) is -0.235. The van der Waals surface area contributed by atoms with Crippen molar-refractivity contribution in [3.05, 3.63) is 11.9 Å². The van der Waals surface area contributed by atoms with Gasteiger partial charge in [0, 0.05) is 12.6 Å². The summed E-state index contributed by atoms with van der Waals surface area (Å²) in [6.07, 6.45) is 4.05. The number of nitrogens with two attached hydrogens (primary N) is 1. The van der Waals surface area contributed by atoms with Crippen LogP contribution in [0.2, 0.25) is 0 Å². The van der Waals surface area contributed by atoms with E-state index in [4.69, 9.17) is 5.73 Å². The molecule has 1 amide bonds. The molecule has 2 rings (SSSR count). The summed E-state index contributed by atoms with van der Waals surface area (Å²) in [6.45, 7) is 3.10. The minimum absolute atomic E-state index is 0.150. The summed E-state index contributed by atoms with van der Waals surface area (Å²) in [5.74, 6) is 0.491. The largest absolute Gasteiger partial charge is 0.348 e. The molecule has 1 saturated carbocycles. The molecule has 0 aromatic carbocycles. The number of rotatable bonds is 5. The van der Waals surface area contributed by atoms with Crippen LogP contribution in [0.15, 0.2) is 6.20 Å². The maximum absolute atomic E-state index is 11.7. The number of hydrogen-bond acceptors (Lipinski definition) is 4. The summed E-state index contributed by atoms with van der Waals surface area (Å²) in [7, 11) is 0. The zero-order valence-corrected chi connectivity index (χ0v) is 9.39. The van der Waals surface area contributed by atoms with Gasteiger partial charge in [0.2, 0.25) is 0 Å². The maximum Gasteiger partial charge on any atom is 0.273 e. The highest BCUT2D eigenvalue weighted by Crippen LogP contribution is 2.32. The van der Waals surface area contributed by atoms with Gasteiger partial charge in [-0.25, -0.2) is 0 Å². The zero-order valence-electron chi connectivity index (χ0n) is 9.39. The smallest absolute Gasteiger partial charge is 0.273 e. The second kappa shape index (κ2) is 4.61. The Morgan fingerprint density at radius 1 is 1.75 bits per heavy atom. The van der Waals surface area contributed by atoms with E-state index in [1.165, 1.54) is 12.8 Å². The summed E-state index contributed by atoms with van der Waals surface area (Å²) in [5, 5.41) is 10.6. The van der Waals surface area contributed by atoms with E-state index in [0.29, 0.717) is 24.7 Å². The van der Waals surface area contributed by atoms with Crippen molar-refractivity contribution in [2.75, 3.05) is 6.54 Å². The van der Waals surface area contributed by atoms with E-state index in [-0.39, 0.29) is 11.9 Å². The molecule has 1 aliphatic rings. The lowest BCUT2D eigenvalue weighted by Gasteiger charge is -2.10. The molecule has 6 heteroatoms. The summed E-state index contributed by atoms with van der Waals surface area (Å²) in [5.41, 5.74) is 5.75. The monoisotopic (exact) mass is 223 g/mol. The normalized spacial score (nSPS) is 17.1. The number of aromatic nitrogens is 3. The Bertz CT molecular complexity index is 371. The number of nitrogens with one attached hydrogen (secondary N) is 1. The SMILES string of the molecule is CC(NC(=O)c1cn(CCN)nn1)C1CC1. The van der Waals surface area contributed by atoms with E-state index in [2.05, 4.69) is 15.6 Å². The lowest BCUT2D eigenvalue weighted by molar-refractivity contribution is 0.0930. The molecule has 3 N–H and O–H groups in total. The van der Waals surface area contributed by atoms with Crippen molar-refractivity contribution in [3.63, 3.8) is 0 Å². The van der Waals surface area contributed by atoms with E-state index in [1.807, 2.05) is 6.92 Å². The Hall–Kier alpha value is -1.43. The Labute approximate surface area is 94.2 Å². The molecule has 1 aliphatic carbocycles. The molecule has 0 bridgehead atoms. The Kier molecular flexibility index (Phi) is 3.19. The second-order valence-corrected chi connectivity index (χ2v) is 4.26. The molecule has 1 aromatic heterocycles. The molecule has 0 saturated heterocycles. The Morgan fingerprint density at radius 2 is 2.50 bits per heavy atom. The Balaban J connectivity index is 1.91. The molecule has 1 atom stereocenters. The van der Waals surface area contributed by atoms with E-state index in [1.54, 1.807) is 10.9 Å². The van der Waals surface area contributed by atoms with Gasteiger partial charge in [0.15, 0.2) is 5.69 Å². The van der Waals surface area contributed by atoms with Gasteiger partial charge in [-0.1, -0.05) is 5.21 Å². The number of hydrogen-bond donors (Lipinski definition) is 2. The van der Waals surface area contributed by atoms with Crippen LogP contribution in [0, 0.1) is 5.92 Å². The summed E-state index contributed by atoms with van der Waals surface area (Å²) < 4.78 is 1.58. The molecule has 1 unspecified atom stereocenters. The van der Waals surface area contributed by atoms with Gasteiger partial charge in [-0.3, -0.25) is 9.48 Å². The van der Waals surface area contributed by atoms with Crippen LogP contribution < -0.4 is 11.1 Å². The van der Waals surface area contributed by atoms with Crippen LogP contribution in [0.4, 0.5) is 0 Å². The minimum Gasteiger partial charge on any atom is -0.348 e. The molecular weight excluding hydrogens is 206 g/mol. The van der Waals surface area contributed by atoms with Gasteiger partial charge in [-0.05, 0) is 25.7 Å². The zero-order chi connectivity index (χ0) is 11.5. The molecule has 1 fully saturated rings. The third-order valence-electron chi connectivity index (χ3n) is 2.82. The highest BCUT2D eigenvalue weighted by atomic mass is 16.2. The average molecular weight is 223 g/mol. The molecule has 16 heavy (non-hydrogen) atoms. The quantitative estimate of drug-likeness (QED) is 0.721. The molecule has 1 aromatic rings. The van der Waals surface area contributed by atoms with Crippen LogP contribution in [-0.2, 0) is 6.54 Å². The van der Waals surface area contributed by atoms with Crippen LogP contribution >= 0.6 is 0 Å². The molecule has 0 radical (unpaired) electrons. The first-order valence-corrected chi connectivity index (χ1v) is 5.61. The first kappa shape index (κ1) is 11.1. The highest BCUT2D eigenvalue weighted by Gasteiger charge is 2.29. The summed E-state index contributed by atoms with van der Waals surface area (Å²) in [6, 6.07) is 0.229. The topological polar surface area (TPSA) is 85.8 Å². The fourth-order valence-corrected chi connectivity index (χ4v) is 1.64. The molecule has 1 heterocycles. The number of nitrogens with zero attached hydrogens (tertiary/aromatic N) is 3. The molecule has 6 nitrogen and oxygen atoms in total. The van der Waals surface area contributed by atoms with Gasteiger partial charge in [0.05, 0.1) is 12.7 Å². The van der Waals surface area contributed by atoms with Crippen LogP contribution in [-0.4, -0.2) is 33.5 Å². The number of carbonyl (C=O) groups excluding carboxylic acids is 1. The van der Waals surface area contributed by atoms with Crippen LogP contribution in [0.25, 0.3) is 0 Å². The third-order valence-corrected chi connectivity index (χ3v) is 2.82. The maximum atomic E-state index is 11.7. The minimum atomic E-state index is -0.150. The lowest BCUT2D eigenvalue weighted by atomic mass is 10.2. The number of amides is 1. The molecule has 88 valence electrons. The van der Waals surface area contributed by atoms with Crippen molar-refractivity contribution in [2.45, 2.75) is 32.4 Å². The van der Waals surface area contributed by atoms with Crippen LogP contribution in [0.1, 0.15) is 30.3 Å². The first-order chi connectivity index (χ1) is 7.70. The molecular formula is C10H17N5O. The van der Waals surface area contributed by atoms with Gasteiger partial charge in [-0.15, -0.1) is 5.10 Å². The van der Waals surface area contributed by atoms with E-state index >= 15 is 0 Å². The fraction of sp³-hybridized carbons (Fsp3) is 0.700. The van der Waals surface area contributed by atoms with E-state index < -0.39 is 0 Å². The van der Waals surface area contributed by atoms with Gasteiger partial charge in [0.1, 0.15) is 0 Å². The summed E-state index contributed by atoms with van der Waals surface area (Å²) >= 11 is 0. The third kappa shape index (κ3) is 2.57. The van der Waals surface area contributed by atoms with Gasteiger partial charge in [-0.2, -0.15) is 0 Å². The van der Waals surface area contributed by atoms with Crippen molar-refractivity contribution < 1.29 is 4.79 Å². The standard InChI is InChI=1S/C10H17N5O/c1-7(8-2-3-8)12-10(16)9-6-15(5-4-11)14-13-9/h6-8H,2-5,11H2,1H3,(H,12,16). The van der Waals surface area contributed by atoms with Crippen molar-refractivity contribution in [2.24, 2.45) is 11.7 Å². The van der Waals surface area contributed by atoms with Crippen LogP contribution in [0.3, 0.4) is 0 Å². The lowest BCUT2D eigenvalue weighted by Crippen LogP contribution is -2.34. The Morgan fingerprint density at radius 3 is 3.12 bits per heavy atom. The average Bonchev–Trinajstić information content (AvgIpc) is 3.00. The predicted molar refractivity (Wildman–Crippen MR) is 58.7 cm³/mol. The molecule has 0 aliphatic heterocycles. The fourth-order valence-electron chi connectivity index (χ4n) is 1.64. The van der Waals surface area contributed by atoms with Gasteiger partial charge in [0.25, 0.3) is 5.91 Å². The second-order valence-electron chi connectivity index (χ2n) is 4.26. The highest BCUT2D eigenvalue weighted by molar-refractivity contribution is 5.92. The number of carbonyl (C=O) groups is 1. The van der Waals surface area contributed by atoms with Crippen molar-refractivity contribution in [3.8, 4) is 0 Å². The van der Waals surface area contributed by atoms with Crippen LogP contribution in [0.5, 0.6) is 0 Å². The van der Waals surface area contributed by atoms with Gasteiger partial charge < -0.3 is 11.1 Å². The van der Waals surface area contributed by atoms with E-state index in [9.17, 15) is 4.79 Å².